The van der Waals surface area contributed by atoms with Crippen LogP contribution in [-0.4, -0.2) is 61.6 Å². The number of piperidine rings is 1. The van der Waals surface area contributed by atoms with Crippen LogP contribution in [0.5, 0.6) is 0 Å². The standard InChI is InChI=1S/C26H28N4O3/c1-18-27-24(19-5-3-2-4-6-19)17-29(18)21-9-7-20(8-10-21)25(31)30(22-11-12-22)23-13-15-28(16-14-23)26(32)33/h2-10,17,22-23H,11-16H2,1H3,(H,32,33). The summed E-state index contributed by atoms with van der Waals surface area (Å²) in [5.74, 6) is 0.933. The number of hydrogen-bond donors (Lipinski definition) is 1. The van der Waals surface area contributed by atoms with Gasteiger partial charge >= 0.3 is 6.09 Å². The smallest absolute Gasteiger partial charge is 0.407 e. The number of carbonyl (C=O) groups excluding carboxylic acids is 1. The van der Waals surface area contributed by atoms with E-state index in [-0.39, 0.29) is 18.0 Å². The molecule has 2 aromatic carbocycles. The highest BCUT2D eigenvalue weighted by Crippen LogP contribution is 2.33. The third-order valence-corrected chi connectivity index (χ3v) is 6.65. The molecule has 170 valence electrons. The van der Waals surface area contributed by atoms with Crippen molar-refractivity contribution in [2.75, 3.05) is 13.1 Å². The molecule has 1 aliphatic heterocycles. The maximum atomic E-state index is 13.4. The van der Waals surface area contributed by atoms with Crippen LogP contribution in [0.4, 0.5) is 4.79 Å². The number of benzene rings is 2. The molecule has 0 atom stereocenters. The zero-order chi connectivity index (χ0) is 22.9. The first kappa shape index (κ1) is 21.2. The van der Waals surface area contributed by atoms with Crippen LogP contribution >= 0.6 is 0 Å². The van der Waals surface area contributed by atoms with E-state index in [0.717, 1.165) is 35.6 Å². The summed E-state index contributed by atoms with van der Waals surface area (Å²) in [4.78, 5) is 32.8. The Bertz CT molecular complexity index is 1140. The van der Waals surface area contributed by atoms with Crippen molar-refractivity contribution in [3.63, 3.8) is 0 Å². The minimum atomic E-state index is -0.876. The minimum Gasteiger partial charge on any atom is -0.465 e. The van der Waals surface area contributed by atoms with Crippen molar-refractivity contribution in [1.29, 1.82) is 0 Å². The molecule has 0 spiro atoms. The van der Waals surface area contributed by atoms with E-state index >= 15 is 0 Å². The molecule has 33 heavy (non-hydrogen) atoms. The summed E-state index contributed by atoms with van der Waals surface area (Å²) in [6.45, 7) is 2.95. The van der Waals surface area contributed by atoms with Crippen molar-refractivity contribution in [1.82, 2.24) is 19.4 Å². The topological polar surface area (TPSA) is 78.7 Å². The Morgan fingerprint density at radius 1 is 0.939 bits per heavy atom. The fourth-order valence-electron chi connectivity index (χ4n) is 4.71. The van der Waals surface area contributed by atoms with Gasteiger partial charge in [-0.25, -0.2) is 9.78 Å². The SMILES string of the molecule is Cc1nc(-c2ccccc2)cn1-c1ccc(C(=O)N(C2CC2)C2CCN(C(=O)O)CC2)cc1. The summed E-state index contributed by atoms with van der Waals surface area (Å²) in [5, 5.41) is 9.22. The number of hydrogen-bond acceptors (Lipinski definition) is 3. The number of nitrogens with zero attached hydrogens (tertiary/aromatic N) is 4. The van der Waals surface area contributed by atoms with Gasteiger partial charge in [-0.05, 0) is 56.9 Å². The van der Waals surface area contributed by atoms with E-state index < -0.39 is 6.09 Å². The third kappa shape index (κ3) is 4.35. The van der Waals surface area contributed by atoms with E-state index in [0.29, 0.717) is 31.5 Å². The number of aryl methyl sites for hydroxylation is 1. The number of carbonyl (C=O) groups is 2. The molecule has 2 aliphatic rings. The lowest BCUT2D eigenvalue weighted by Crippen LogP contribution is -2.49. The Kier molecular flexibility index (Phi) is 5.62. The summed E-state index contributed by atoms with van der Waals surface area (Å²) in [5.41, 5.74) is 3.62. The maximum absolute atomic E-state index is 13.4. The second-order valence-electron chi connectivity index (χ2n) is 8.90. The van der Waals surface area contributed by atoms with Crippen LogP contribution in [0, 0.1) is 6.92 Å². The largest absolute Gasteiger partial charge is 0.465 e. The highest BCUT2D eigenvalue weighted by atomic mass is 16.4. The second-order valence-corrected chi connectivity index (χ2v) is 8.90. The van der Waals surface area contributed by atoms with Gasteiger partial charge in [-0.2, -0.15) is 0 Å². The van der Waals surface area contributed by atoms with E-state index in [9.17, 15) is 14.7 Å². The molecule has 0 unspecified atom stereocenters. The molecule has 1 N–H and O–H groups in total. The molecule has 3 aromatic rings. The third-order valence-electron chi connectivity index (χ3n) is 6.65. The molecule has 2 amide bonds. The lowest BCUT2D eigenvalue weighted by Gasteiger charge is -2.38. The van der Waals surface area contributed by atoms with E-state index in [2.05, 4.69) is 0 Å². The molecule has 0 radical (unpaired) electrons. The lowest BCUT2D eigenvalue weighted by atomic mass is 10.0. The maximum Gasteiger partial charge on any atom is 0.407 e. The Labute approximate surface area is 193 Å². The van der Waals surface area contributed by atoms with Crippen LogP contribution in [0.3, 0.4) is 0 Å². The lowest BCUT2D eigenvalue weighted by molar-refractivity contribution is 0.0551. The first-order valence-corrected chi connectivity index (χ1v) is 11.5. The van der Waals surface area contributed by atoms with Crippen molar-refractivity contribution in [2.45, 2.75) is 44.7 Å². The molecule has 1 aromatic heterocycles. The molecule has 7 heteroatoms. The average Bonchev–Trinajstić information content (AvgIpc) is 3.60. The van der Waals surface area contributed by atoms with Crippen LogP contribution in [0.2, 0.25) is 0 Å². The van der Waals surface area contributed by atoms with Gasteiger partial charge in [-0.1, -0.05) is 30.3 Å². The van der Waals surface area contributed by atoms with Crippen LogP contribution in [0.15, 0.2) is 60.8 Å². The number of rotatable bonds is 5. The van der Waals surface area contributed by atoms with E-state index in [1.807, 2.05) is 77.2 Å². The van der Waals surface area contributed by atoms with Gasteiger partial charge in [0, 0.05) is 48.2 Å². The average molecular weight is 445 g/mol. The molecule has 2 heterocycles. The number of amides is 2. The summed E-state index contributed by atoms with van der Waals surface area (Å²) in [7, 11) is 0. The van der Waals surface area contributed by atoms with Crippen LogP contribution < -0.4 is 0 Å². The van der Waals surface area contributed by atoms with Gasteiger partial charge in [0.05, 0.1) is 5.69 Å². The summed E-state index contributed by atoms with van der Waals surface area (Å²) in [6, 6.07) is 18.2. The van der Waals surface area contributed by atoms with Gasteiger partial charge < -0.3 is 19.5 Å². The van der Waals surface area contributed by atoms with Gasteiger partial charge in [-0.15, -0.1) is 0 Å². The van der Waals surface area contributed by atoms with Gasteiger partial charge in [0.2, 0.25) is 0 Å². The molecule has 1 saturated heterocycles. The molecular weight excluding hydrogens is 416 g/mol. The molecule has 2 fully saturated rings. The zero-order valence-corrected chi connectivity index (χ0v) is 18.7. The van der Waals surface area contributed by atoms with Crippen molar-refractivity contribution in [2.24, 2.45) is 0 Å². The summed E-state index contributed by atoms with van der Waals surface area (Å²) >= 11 is 0. The molecule has 0 bridgehead atoms. The number of likely N-dealkylation sites (tertiary alicyclic amines) is 1. The Morgan fingerprint density at radius 2 is 1.58 bits per heavy atom. The monoisotopic (exact) mass is 444 g/mol. The van der Waals surface area contributed by atoms with Crippen molar-refractivity contribution >= 4 is 12.0 Å². The summed E-state index contributed by atoms with van der Waals surface area (Å²) < 4.78 is 2.04. The molecule has 7 nitrogen and oxygen atoms in total. The number of aromatic nitrogens is 2. The highest BCUT2D eigenvalue weighted by molar-refractivity contribution is 5.95. The Hall–Kier alpha value is -3.61. The van der Waals surface area contributed by atoms with E-state index in [1.54, 1.807) is 0 Å². The number of carboxylic acid groups (broad SMARTS) is 1. The quantitative estimate of drug-likeness (QED) is 0.624. The van der Waals surface area contributed by atoms with Crippen molar-refractivity contribution in [3.8, 4) is 16.9 Å². The van der Waals surface area contributed by atoms with Crippen LogP contribution in [-0.2, 0) is 0 Å². The van der Waals surface area contributed by atoms with Crippen molar-refractivity contribution in [3.05, 3.63) is 72.2 Å². The molecular formula is C26H28N4O3. The predicted molar refractivity (Wildman–Crippen MR) is 126 cm³/mol. The normalized spacial score (nSPS) is 16.6. The van der Waals surface area contributed by atoms with E-state index in [4.69, 9.17) is 4.98 Å². The Morgan fingerprint density at radius 3 is 2.18 bits per heavy atom. The van der Waals surface area contributed by atoms with Gasteiger partial charge in [-0.3, -0.25) is 4.79 Å². The van der Waals surface area contributed by atoms with Gasteiger partial charge in [0.25, 0.3) is 5.91 Å². The fraction of sp³-hybridized carbons (Fsp3) is 0.346. The van der Waals surface area contributed by atoms with Gasteiger partial charge in [0.15, 0.2) is 0 Å². The van der Waals surface area contributed by atoms with Crippen LogP contribution in [0.1, 0.15) is 41.9 Å². The molecule has 1 aliphatic carbocycles. The molecule has 1 saturated carbocycles. The zero-order valence-electron chi connectivity index (χ0n) is 18.7. The Balaban J connectivity index is 1.33. The van der Waals surface area contributed by atoms with Crippen LogP contribution in [0.25, 0.3) is 16.9 Å². The first-order valence-electron chi connectivity index (χ1n) is 11.5. The summed E-state index contributed by atoms with van der Waals surface area (Å²) in [6.07, 6.45) is 4.60. The second kappa shape index (κ2) is 8.73. The molecule has 5 rings (SSSR count). The predicted octanol–water partition coefficient (Wildman–Crippen LogP) is 4.59. The first-order chi connectivity index (χ1) is 16.0. The fourth-order valence-corrected chi connectivity index (χ4v) is 4.71. The van der Waals surface area contributed by atoms with E-state index in [1.165, 1.54) is 4.90 Å². The van der Waals surface area contributed by atoms with Crippen molar-refractivity contribution < 1.29 is 14.7 Å². The number of imidazole rings is 1. The minimum absolute atomic E-state index is 0.0464. The highest BCUT2D eigenvalue weighted by Gasteiger charge is 2.39. The van der Waals surface area contributed by atoms with Gasteiger partial charge in [0.1, 0.15) is 5.82 Å².